The molecule has 0 fully saturated rings. The van der Waals surface area contributed by atoms with Gasteiger partial charge in [0.15, 0.2) is 5.78 Å². The zero-order chi connectivity index (χ0) is 11.5. The fraction of sp³-hybridized carbons (Fsp3) is 0.167. The van der Waals surface area contributed by atoms with Gasteiger partial charge >= 0.3 is 0 Å². The van der Waals surface area contributed by atoms with Gasteiger partial charge in [0.25, 0.3) is 0 Å². The van der Waals surface area contributed by atoms with Crippen molar-refractivity contribution in [2.24, 2.45) is 0 Å². The molecule has 3 N–H and O–H groups in total. The van der Waals surface area contributed by atoms with Crippen molar-refractivity contribution in [3.63, 3.8) is 0 Å². The number of nitrogen functional groups attached to an aromatic ring is 1. The molecule has 4 nitrogen and oxygen atoms in total. The van der Waals surface area contributed by atoms with Gasteiger partial charge < -0.3 is 5.73 Å². The number of anilines is 1. The van der Waals surface area contributed by atoms with Crippen LogP contribution in [0.15, 0.2) is 30.5 Å². The molecule has 0 unspecified atom stereocenters. The summed E-state index contributed by atoms with van der Waals surface area (Å²) in [5.41, 5.74) is 7.81. The first-order chi connectivity index (χ1) is 7.72. The smallest absolute Gasteiger partial charge is 0.198 e. The highest BCUT2D eigenvalue weighted by Gasteiger charge is 2.13. The minimum atomic E-state index is -0.0958. The van der Waals surface area contributed by atoms with Gasteiger partial charge in [0.1, 0.15) is 5.82 Å². The molecule has 0 spiro atoms. The number of aromatic nitrogens is 2. The Balaban J connectivity index is 2.38. The zero-order valence-electron chi connectivity index (χ0n) is 9.03. The van der Waals surface area contributed by atoms with E-state index < -0.39 is 0 Å². The van der Waals surface area contributed by atoms with Crippen molar-refractivity contribution in [2.45, 2.75) is 13.3 Å². The molecule has 4 heteroatoms. The monoisotopic (exact) mass is 215 g/mol. The summed E-state index contributed by atoms with van der Waals surface area (Å²) in [7, 11) is 0. The van der Waals surface area contributed by atoms with Gasteiger partial charge in [0.05, 0.1) is 11.8 Å². The molecule has 1 aromatic heterocycles. The van der Waals surface area contributed by atoms with Gasteiger partial charge in [-0.3, -0.25) is 9.89 Å². The molecule has 0 aliphatic rings. The second-order valence-corrected chi connectivity index (χ2v) is 3.58. The number of carbonyl (C=O) groups is 1. The average Bonchev–Trinajstić information content (AvgIpc) is 2.74. The first-order valence-electron chi connectivity index (χ1n) is 5.15. The minimum Gasteiger partial charge on any atom is -0.383 e. The van der Waals surface area contributed by atoms with E-state index in [4.69, 9.17) is 5.73 Å². The van der Waals surface area contributed by atoms with Gasteiger partial charge in [-0.05, 0) is 18.1 Å². The molecule has 1 heterocycles. The number of hydrogen-bond acceptors (Lipinski definition) is 3. The molecule has 0 atom stereocenters. The van der Waals surface area contributed by atoms with E-state index in [2.05, 4.69) is 17.1 Å². The van der Waals surface area contributed by atoms with E-state index in [9.17, 15) is 4.79 Å². The summed E-state index contributed by atoms with van der Waals surface area (Å²) in [4.78, 5) is 12.1. The minimum absolute atomic E-state index is 0.0958. The number of aromatic amines is 1. The number of nitrogens with zero attached hydrogens (tertiary/aromatic N) is 1. The van der Waals surface area contributed by atoms with Gasteiger partial charge in [-0.15, -0.1) is 0 Å². The number of carbonyl (C=O) groups excluding carboxylic acids is 1. The largest absolute Gasteiger partial charge is 0.383 e. The quantitative estimate of drug-likeness (QED) is 0.766. The SMILES string of the molecule is CCc1cccc(C(=O)c2cn[nH]c2N)c1. The normalized spacial score (nSPS) is 10.3. The molecule has 2 rings (SSSR count). The Morgan fingerprint density at radius 3 is 2.94 bits per heavy atom. The second kappa shape index (κ2) is 4.18. The number of hydrogen-bond donors (Lipinski definition) is 2. The van der Waals surface area contributed by atoms with Crippen molar-refractivity contribution >= 4 is 11.6 Å². The lowest BCUT2D eigenvalue weighted by Gasteiger charge is -2.01. The first-order valence-corrected chi connectivity index (χ1v) is 5.15. The Labute approximate surface area is 93.5 Å². The summed E-state index contributed by atoms with van der Waals surface area (Å²) < 4.78 is 0. The molecule has 0 radical (unpaired) electrons. The molecular weight excluding hydrogens is 202 g/mol. The third-order valence-corrected chi connectivity index (χ3v) is 2.51. The predicted octanol–water partition coefficient (Wildman–Crippen LogP) is 1.79. The van der Waals surface area contributed by atoms with Crippen molar-refractivity contribution < 1.29 is 4.79 Å². The van der Waals surface area contributed by atoms with Gasteiger partial charge in [0, 0.05) is 5.56 Å². The fourth-order valence-corrected chi connectivity index (χ4v) is 1.57. The van der Waals surface area contributed by atoms with E-state index in [-0.39, 0.29) is 5.78 Å². The summed E-state index contributed by atoms with van der Waals surface area (Å²) in [5, 5.41) is 6.29. The molecule has 1 aromatic carbocycles. The molecule has 0 bridgehead atoms. The van der Waals surface area contributed by atoms with Crippen LogP contribution in [0.3, 0.4) is 0 Å². The third-order valence-electron chi connectivity index (χ3n) is 2.51. The Hall–Kier alpha value is -2.10. The van der Waals surface area contributed by atoms with E-state index in [1.165, 1.54) is 6.20 Å². The maximum atomic E-state index is 12.1. The van der Waals surface area contributed by atoms with Crippen LogP contribution in [0.2, 0.25) is 0 Å². The molecule has 0 saturated heterocycles. The average molecular weight is 215 g/mol. The Kier molecular flexibility index (Phi) is 2.72. The molecule has 2 aromatic rings. The van der Waals surface area contributed by atoms with Crippen LogP contribution in [0.4, 0.5) is 5.82 Å². The van der Waals surface area contributed by atoms with Crippen molar-refractivity contribution in [1.29, 1.82) is 0 Å². The van der Waals surface area contributed by atoms with Gasteiger partial charge in [-0.1, -0.05) is 25.1 Å². The van der Waals surface area contributed by atoms with Crippen LogP contribution in [0, 0.1) is 0 Å². The lowest BCUT2D eigenvalue weighted by molar-refractivity contribution is 0.103. The van der Waals surface area contributed by atoms with Crippen LogP contribution in [-0.2, 0) is 6.42 Å². The van der Waals surface area contributed by atoms with E-state index in [1.54, 1.807) is 6.07 Å². The lowest BCUT2D eigenvalue weighted by atomic mass is 10.0. The fourth-order valence-electron chi connectivity index (χ4n) is 1.57. The molecule has 0 aliphatic heterocycles. The Morgan fingerprint density at radius 2 is 2.31 bits per heavy atom. The molecule has 82 valence electrons. The number of nitrogens with one attached hydrogen (secondary N) is 1. The van der Waals surface area contributed by atoms with Crippen LogP contribution in [0.25, 0.3) is 0 Å². The number of ketones is 1. The van der Waals surface area contributed by atoms with E-state index in [0.29, 0.717) is 16.9 Å². The predicted molar refractivity (Wildman–Crippen MR) is 62.3 cm³/mol. The highest BCUT2D eigenvalue weighted by Crippen LogP contribution is 2.15. The molecular formula is C12H13N3O. The highest BCUT2D eigenvalue weighted by atomic mass is 16.1. The van der Waals surface area contributed by atoms with Crippen LogP contribution in [-0.4, -0.2) is 16.0 Å². The second-order valence-electron chi connectivity index (χ2n) is 3.58. The lowest BCUT2D eigenvalue weighted by Crippen LogP contribution is -2.04. The van der Waals surface area contributed by atoms with Crippen molar-refractivity contribution in [3.05, 3.63) is 47.2 Å². The van der Waals surface area contributed by atoms with E-state index >= 15 is 0 Å². The zero-order valence-corrected chi connectivity index (χ0v) is 9.03. The van der Waals surface area contributed by atoms with Gasteiger partial charge in [-0.25, -0.2) is 0 Å². The van der Waals surface area contributed by atoms with Crippen molar-refractivity contribution in [2.75, 3.05) is 5.73 Å². The highest BCUT2D eigenvalue weighted by molar-refractivity contribution is 6.11. The number of nitrogens with two attached hydrogens (primary N) is 1. The summed E-state index contributed by atoms with van der Waals surface area (Å²) >= 11 is 0. The van der Waals surface area contributed by atoms with Crippen LogP contribution in [0.5, 0.6) is 0 Å². The van der Waals surface area contributed by atoms with E-state index in [0.717, 1.165) is 12.0 Å². The molecule has 0 amide bonds. The van der Waals surface area contributed by atoms with E-state index in [1.807, 2.05) is 18.2 Å². The number of rotatable bonds is 3. The molecule has 0 saturated carbocycles. The number of H-pyrrole nitrogens is 1. The third kappa shape index (κ3) is 1.82. The summed E-state index contributed by atoms with van der Waals surface area (Å²) in [6, 6.07) is 7.54. The van der Waals surface area contributed by atoms with Crippen LogP contribution < -0.4 is 5.73 Å². The molecule has 16 heavy (non-hydrogen) atoms. The Bertz CT molecular complexity index is 516. The summed E-state index contributed by atoms with van der Waals surface area (Å²) in [6.07, 6.45) is 2.36. The van der Waals surface area contributed by atoms with Crippen molar-refractivity contribution in [1.82, 2.24) is 10.2 Å². The summed E-state index contributed by atoms with van der Waals surface area (Å²) in [6.45, 7) is 2.05. The number of benzene rings is 1. The Morgan fingerprint density at radius 1 is 1.50 bits per heavy atom. The maximum absolute atomic E-state index is 12.1. The summed E-state index contributed by atoms with van der Waals surface area (Å²) in [5.74, 6) is 0.216. The number of aryl methyl sites for hydroxylation is 1. The van der Waals surface area contributed by atoms with Crippen molar-refractivity contribution in [3.8, 4) is 0 Å². The van der Waals surface area contributed by atoms with Gasteiger partial charge in [0.2, 0.25) is 0 Å². The van der Waals surface area contributed by atoms with Crippen LogP contribution >= 0.6 is 0 Å². The topological polar surface area (TPSA) is 71.8 Å². The van der Waals surface area contributed by atoms with Gasteiger partial charge in [-0.2, -0.15) is 5.10 Å². The maximum Gasteiger partial charge on any atom is 0.198 e. The standard InChI is InChI=1S/C12H13N3O/c1-2-8-4-3-5-9(6-8)11(16)10-7-14-15-12(10)13/h3-7H,2H2,1H3,(H3,13,14,15). The van der Waals surface area contributed by atoms with Crippen LogP contribution in [0.1, 0.15) is 28.4 Å². The molecule has 0 aliphatic carbocycles. The first kappa shape index (κ1) is 10.4.